The lowest BCUT2D eigenvalue weighted by atomic mass is 9.97. The van der Waals surface area contributed by atoms with Gasteiger partial charge in [-0.2, -0.15) is 0 Å². The minimum Gasteiger partial charge on any atom is -0.369 e. The van der Waals surface area contributed by atoms with E-state index in [4.69, 9.17) is 11.5 Å². The van der Waals surface area contributed by atoms with Crippen LogP contribution in [0.2, 0.25) is 0 Å². The topological polar surface area (TPSA) is 89.4 Å². The molecule has 1 rings (SSSR count). The van der Waals surface area contributed by atoms with E-state index in [0.717, 1.165) is 19.4 Å². The Morgan fingerprint density at radius 3 is 2.71 bits per heavy atom. The maximum atomic E-state index is 11.5. The van der Waals surface area contributed by atoms with Crippen molar-refractivity contribution in [3.8, 4) is 0 Å². The molecule has 1 heterocycles. The lowest BCUT2D eigenvalue weighted by Gasteiger charge is -2.31. The first-order chi connectivity index (χ1) is 6.65. The number of piperidine rings is 1. The number of nitrogens with two attached hydrogens (primary N) is 2. The number of hydrogen-bond donors (Lipinski definition) is 2. The Morgan fingerprint density at radius 2 is 2.14 bits per heavy atom. The van der Waals surface area contributed by atoms with Crippen LogP contribution in [0.15, 0.2) is 0 Å². The highest BCUT2D eigenvalue weighted by molar-refractivity contribution is 5.80. The largest absolute Gasteiger partial charge is 0.369 e. The van der Waals surface area contributed by atoms with E-state index >= 15 is 0 Å². The normalized spacial score (nSPS) is 22.1. The van der Waals surface area contributed by atoms with Crippen LogP contribution in [-0.4, -0.2) is 36.3 Å². The van der Waals surface area contributed by atoms with E-state index in [-0.39, 0.29) is 17.7 Å². The number of amides is 2. The second-order valence-corrected chi connectivity index (χ2v) is 3.62. The zero-order valence-corrected chi connectivity index (χ0v) is 8.24. The first-order valence-corrected chi connectivity index (χ1v) is 4.92. The molecule has 5 nitrogen and oxygen atoms in total. The molecule has 4 N–H and O–H groups in total. The van der Waals surface area contributed by atoms with E-state index < -0.39 is 0 Å². The Kier molecular flexibility index (Phi) is 3.88. The molecule has 1 aliphatic heterocycles. The lowest BCUT2D eigenvalue weighted by molar-refractivity contribution is -0.134. The molecule has 0 bridgehead atoms. The average molecular weight is 199 g/mol. The van der Waals surface area contributed by atoms with Crippen LogP contribution in [0.1, 0.15) is 19.3 Å². The summed E-state index contributed by atoms with van der Waals surface area (Å²) in [6.07, 6.45) is 2.00. The third-order valence-corrected chi connectivity index (χ3v) is 2.53. The van der Waals surface area contributed by atoms with Gasteiger partial charge in [0, 0.05) is 26.1 Å². The molecule has 14 heavy (non-hydrogen) atoms. The molecular formula is C9H17N3O2. The van der Waals surface area contributed by atoms with E-state index in [0.29, 0.717) is 19.5 Å². The van der Waals surface area contributed by atoms with Crippen LogP contribution in [0.3, 0.4) is 0 Å². The molecule has 1 unspecified atom stereocenters. The predicted molar refractivity (Wildman–Crippen MR) is 52.2 cm³/mol. The number of likely N-dealkylation sites (tertiary alicyclic amines) is 1. The van der Waals surface area contributed by atoms with Crippen LogP contribution in [0.25, 0.3) is 0 Å². The molecule has 2 amide bonds. The molecule has 0 aliphatic carbocycles. The number of hydrogen-bond acceptors (Lipinski definition) is 3. The van der Waals surface area contributed by atoms with E-state index in [1.54, 1.807) is 4.90 Å². The van der Waals surface area contributed by atoms with E-state index in [1.807, 2.05) is 0 Å². The highest BCUT2D eigenvalue weighted by Crippen LogP contribution is 2.16. The Hall–Kier alpha value is -1.10. The van der Waals surface area contributed by atoms with Crippen molar-refractivity contribution < 1.29 is 9.59 Å². The molecule has 0 spiro atoms. The molecule has 1 atom stereocenters. The van der Waals surface area contributed by atoms with Crippen molar-refractivity contribution in [3.05, 3.63) is 0 Å². The van der Waals surface area contributed by atoms with Crippen molar-refractivity contribution in [1.82, 2.24) is 4.90 Å². The third-order valence-electron chi connectivity index (χ3n) is 2.53. The monoisotopic (exact) mass is 199 g/mol. The fourth-order valence-electron chi connectivity index (χ4n) is 1.72. The SMILES string of the molecule is NCCC(=O)N1CCCC(C(N)=O)C1. The zero-order chi connectivity index (χ0) is 10.6. The number of nitrogens with zero attached hydrogens (tertiary/aromatic N) is 1. The summed E-state index contributed by atoms with van der Waals surface area (Å²) < 4.78 is 0. The number of carbonyl (C=O) groups is 2. The molecule has 80 valence electrons. The zero-order valence-electron chi connectivity index (χ0n) is 8.24. The van der Waals surface area contributed by atoms with Gasteiger partial charge in [-0.15, -0.1) is 0 Å². The predicted octanol–water partition coefficient (Wildman–Crippen LogP) is -0.941. The lowest BCUT2D eigenvalue weighted by Crippen LogP contribution is -2.44. The molecule has 1 saturated heterocycles. The first kappa shape index (κ1) is 11.0. The molecule has 0 aromatic rings. The summed E-state index contributed by atoms with van der Waals surface area (Å²) in [6, 6.07) is 0. The maximum Gasteiger partial charge on any atom is 0.223 e. The Labute approximate surface area is 83.4 Å². The molecule has 1 aliphatic rings. The van der Waals surface area contributed by atoms with E-state index in [2.05, 4.69) is 0 Å². The maximum absolute atomic E-state index is 11.5. The molecular weight excluding hydrogens is 182 g/mol. The van der Waals surface area contributed by atoms with Gasteiger partial charge in [0.05, 0.1) is 5.92 Å². The summed E-state index contributed by atoms with van der Waals surface area (Å²) in [6.45, 7) is 1.55. The van der Waals surface area contributed by atoms with Crippen LogP contribution < -0.4 is 11.5 Å². The summed E-state index contributed by atoms with van der Waals surface area (Å²) >= 11 is 0. The van der Waals surface area contributed by atoms with Gasteiger partial charge in [-0.3, -0.25) is 9.59 Å². The minimum atomic E-state index is -0.310. The van der Waals surface area contributed by atoms with Gasteiger partial charge in [-0.25, -0.2) is 0 Å². The second kappa shape index (κ2) is 4.95. The van der Waals surface area contributed by atoms with Crippen LogP contribution in [0.4, 0.5) is 0 Å². The molecule has 0 aromatic heterocycles. The molecule has 0 radical (unpaired) electrons. The van der Waals surface area contributed by atoms with Crippen LogP contribution in [-0.2, 0) is 9.59 Å². The molecule has 0 saturated carbocycles. The Bertz CT molecular complexity index is 230. The van der Waals surface area contributed by atoms with Gasteiger partial charge < -0.3 is 16.4 Å². The summed E-state index contributed by atoms with van der Waals surface area (Å²) in [4.78, 5) is 24.1. The summed E-state index contributed by atoms with van der Waals surface area (Å²) in [5, 5.41) is 0. The fourth-order valence-corrected chi connectivity index (χ4v) is 1.72. The van der Waals surface area contributed by atoms with Gasteiger partial charge in [0.1, 0.15) is 0 Å². The van der Waals surface area contributed by atoms with Gasteiger partial charge in [-0.05, 0) is 12.8 Å². The van der Waals surface area contributed by atoms with Gasteiger partial charge >= 0.3 is 0 Å². The summed E-state index contributed by atoms with van der Waals surface area (Å²) in [5.41, 5.74) is 10.5. The smallest absolute Gasteiger partial charge is 0.223 e. The van der Waals surface area contributed by atoms with Crippen molar-refractivity contribution in [2.24, 2.45) is 17.4 Å². The third kappa shape index (κ3) is 2.70. The van der Waals surface area contributed by atoms with Crippen molar-refractivity contribution in [1.29, 1.82) is 0 Å². The summed E-state index contributed by atoms with van der Waals surface area (Å²) in [5.74, 6) is -0.459. The second-order valence-electron chi connectivity index (χ2n) is 3.62. The number of primary amides is 1. The Balaban J connectivity index is 2.47. The van der Waals surface area contributed by atoms with Crippen LogP contribution >= 0.6 is 0 Å². The molecule has 5 heteroatoms. The van der Waals surface area contributed by atoms with Gasteiger partial charge in [-0.1, -0.05) is 0 Å². The highest BCUT2D eigenvalue weighted by Gasteiger charge is 2.26. The molecule has 0 aromatic carbocycles. The first-order valence-electron chi connectivity index (χ1n) is 4.92. The van der Waals surface area contributed by atoms with Gasteiger partial charge in [0.15, 0.2) is 0 Å². The van der Waals surface area contributed by atoms with E-state index in [1.165, 1.54) is 0 Å². The average Bonchev–Trinajstić information content (AvgIpc) is 2.18. The van der Waals surface area contributed by atoms with Gasteiger partial charge in [0.2, 0.25) is 11.8 Å². The van der Waals surface area contributed by atoms with Crippen molar-refractivity contribution >= 4 is 11.8 Å². The number of rotatable bonds is 3. The standard InChI is InChI=1S/C9H17N3O2/c10-4-3-8(13)12-5-1-2-7(6-12)9(11)14/h7H,1-6,10H2,(H2,11,14). The highest BCUT2D eigenvalue weighted by atomic mass is 16.2. The number of carbonyl (C=O) groups excluding carboxylic acids is 2. The fraction of sp³-hybridized carbons (Fsp3) is 0.778. The summed E-state index contributed by atoms with van der Waals surface area (Å²) in [7, 11) is 0. The van der Waals surface area contributed by atoms with E-state index in [9.17, 15) is 9.59 Å². The van der Waals surface area contributed by atoms with Gasteiger partial charge in [0.25, 0.3) is 0 Å². The van der Waals surface area contributed by atoms with Crippen molar-refractivity contribution in [2.75, 3.05) is 19.6 Å². The van der Waals surface area contributed by atoms with Crippen molar-refractivity contribution in [3.63, 3.8) is 0 Å². The van der Waals surface area contributed by atoms with Crippen molar-refractivity contribution in [2.45, 2.75) is 19.3 Å². The Morgan fingerprint density at radius 1 is 1.43 bits per heavy atom. The quantitative estimate of drug-likeness (QED) is 0.614. The molecule has 1 fully saturated rings. The minimum absolute atomic E-state index is 0.0263. The van der Waals surface area contributed by atoms with Crippen LogP contribution in [0, 0.1) is 5.92 Å². The van der Waals surface area contributed by atoms with Crippen LogP contribution in [0.5, 0.6) is 0 Å².